The molecule has 29 heavy (non-hydrogen) atoms. The van der Waals surface area contributed by atoms with Gasteiger partial charge in [0.05, 0.1) is 24.8 Å². The number of hydrogen-bond donors (Lipinski definition) is 0. The number of hydrogen-bond acceptors (Lipinski definition) is 5. The molecule has 162 valence electrons. The van der Waals surface area contributed by atoms with Gasteiger partial charge in [-0.2, -0.15) is 0 Å². The molecule has 1 amide bonds. The summed E-state index contributed by atoms with van der Waals surface area (Å²) in [5.41, 5.74) is 0.538. The molecule has 7 heteroatoms. The number of carbonyl (C=O) groups excluding carboxylic acids is 1. The maximum atomic E-state index is 13.0. The smallest absolute Gasteiger partial charge is 0.254 e. The van der Waals surface area contributed by atoms with Crippen LogP contribution in [0.4, 0.5) is 0 Å². The highest BCUT2D eigenvalue weighted by molar-refractivity contribution is 6.32. The van der Waals surface area contributed by atoms with Gasteiger partial charge in [0.25, 0.3) is 5.91 Å². The molecule has 1 atom stereocenters. The molecule has 1 aromatic rings. The summed E-state index contributed by atoms with van der Waals surface area (Å²) >= 11 is 6.43. The Labute approximate surface area is 179 Å². The number of benzene rings is 1. The van der Waals surface area contributed by atoms with E-state index in [1.165, 1.54) is 0 Å². The first-order chi connectivity index (χ1) is 14.0. The van der Waals surface area contributed by atoms with Crippen LogP contribution in [0.1, 0.15) is 43.5 Å². The van der Waals surface area contributed by atoms with E-state index in [0.29, 0.717) is 53.8 Å². The maximum absolute atomic E-state index is 13.0. The molecule has 0 radical (unpaired) electrons. The Kier molecular flexibility index (Phi) is 8.04. The molecule has 1 aromatic carbocycles. The summed E-state index contributed by atoms with van der Waals surface area (Å²) in [5.74, 6) is 1.53. The monoisotopic (exact) mass is 424 g/mol. The molecule has 2 saturated heterocycles. The molecule has 0 N–H and O–H groups in total. The average Bonchev–Trinajstić information content (AvgIpc) is 3.21. The van der Waals surface area contributed by atoms with E-state index < -0.39 is 0 Å². The lowest BCUT2D eigenvalue weighted by molar-refractivity contribution is 0.0432. The van der Waals surface area contributed by atoms with Crippen LogP contribution in [0.3, 0.4) is 0 Å². The first-order valence-electron chi connectivity index (χ1n) is 10.6. The van der Waals surface area contributed by atoms with Gasteiger partial charge in [-0.1, -0.05) is 25.4 Å². The topological polar surface area (TPSA) is 51.2 Å². The highest BCUT2D eigenvalue weighted by Crippen LogP contribution is 2.37. The van der Waals surface area contributed by atoms with E-state index in [0.717, 1.165) is 45.5 Å². The highest BCUT2D eigenvalue weighted by Gasteiger charge is 2.26. The zero-order valence-corrected chi connectivity index (χ0v) is 18.5. The van der Waals surface area contributed by atoms with Crippen LogP contribution >= 0.6 is 11.6 Å². The van der Waals surface area contributed by atoms with Crippen molar-refractivity contribution in [2.45, 2.75) is 39.2 Å². The minimum atomic E-state index is -0.0179. The van der Waals surface area contributed by atoms with E-state index in [9.17, 15) is 4.79 Å². The fourth-order valence-corrected chi connectivity index (χ4v) is 4.04. The average molecular weight is 425 g/mol. The Morgan fingerprint density at radius 1 is 1.28 bits per heavy atom. The van der Waals surface area contributed by atoms with Gasteiger partial charge in [0, 0.05) is 44.9 Å². The quantitative estimate of drug-likeness (QED) is 0.636. The van der Waals surface area contributed by atoms with Gasteiger partial charge in [-0.15, -0.1) is 0 Å². The van der Waals surface area contributed by atoms with Gasteiger partial charge in [0.15, 0.2) is 11.5 Å². The van der Waals surface area contributed by atoms with Crippen molar-refractivity contribution >= 4 is 17.5 Å². The van der Waals surface area contributed by atoms with Gasteiger partial charge >= 0.3 is 0 Å². The lowest BCUT2D eigenvalue weighted by Crippen LogP contribution is -2.50. The number of carbonyl (C=O) groups is 1. The van der Waals surface area contributed by atoms with Crippen molar-refractivity contribution < 1.29 is 19.0 Å². The summed E-state index contributed by atoms with van der Waals surface area (Å²) in [5, 5.41) is 0.411. The van der Waals surface area contributed by atoms with Gasteiger partial charge in [-0.05, 0) is 37.3 Å². The summed E-state index contributed by atoms with van der Waals surface area (Å²) < 4.78 is 17.0. The van der Waals surface area contributed by atoms with E-state index >= 15 is 0 Å². The summed E-state index contributed by atoms with van der Waals surface area (Å²) in [7, 11) is 1.57. The molecule has 0 aromatic heterocycles. The van der Waals surface area contributed by atoms with Crippen molar-refractivity contribution in [1.82, 2.24) is 9.80 Å². The molecule has 3 rings (SSSR count). The van der Waals surface area contributed by atoms with Crippen LogP contribution in [0.2, 0.25) is 5.02 Å². The molecule has 0 saturated carbocycles. The second-order valence-corrected chi connectivity index (χ2v) is 8.66. The molecule has 2 aliphatic rings. The number of halogens is 1. The van der Waals surface area contributed by atoms with Crippen molar-refractivity contribution in [3.05, 3.63) is 22.7 Å². The Morgan fingerprint density at radius 3 is 2.66 bits per heavy atom. The van der Waals surface area contributed by atoms with Gasteiger partial charge < -0.3 is 19.1 Å². The second kappa shape index (κ2) is 10.5. The first kappa shape index (κ1) is 22.2. The minimum Gasteiger partial charge on any atom is -0.493 e. The van der Waals surface area contributed by atoms with E-state index in [1.54, 1.807) is 19.2 Å². The van der Waals surface area contributed by atoms with Crippen LogP contribution in [0.5, 0.6) is 11.5 Å². The summed E-state index contributed by atoms with van der Waals surface area (Å²) in [4.78, 5) is 17.3. The van der Waals surface area contributed by atoms with E-state index in [2.05, 4.69) is 18.7 Å². The molecule has 2 heterocycles. The third kappa shape index (κ3) is 6.00. The van der Waals surface area contributed by atoms with Crippen LogP contribution in [0, 0.1) is 5.92 Å². The van der Waals surface area contributed by atoms with Crippen molar-refractivity contribution in [3.63, 3.8) is 0 Å². The normalized spacial score (nSPS) is 20.3. The van der Waals surface area contributed by atoms with Crippen LogP contribution < -0.4 is 9.47 Å². The van der Waals surface area contributed by atoms with Crippen LogP contribution in [-0.2, 0) is 4.74 Å². The number of piperazine rings is 1. The van der Waals surface area contributed by atoms with E-state index in [4.69, 9.17) is 25.8 Å². The molecule has 6 nitrogen and oxygen atoms in total. The van der Waals surface area contributed by atoms with Crippen LogP contribution in [0.15, 0.2) is 12.1 Å². The van der Waals surface area contributed by atoms with Crippen molar-refractivity contribution in [1.29, 1.82) is 0 Å². The minimum absolute atomic E-state index is 0.0179. The molecule has 0 aliphatic carbocycles. The Balaban J connectivity index is 1.59. The van der Waals surface area contributed by atoms with Gasteiger partial charge in [0.1, 0.15) is 0 Å². The fraction of sp³-hybridized carbons (Fsp3) is 0.682. The lowest BCUT2D eigenvalue weighted by atomic mass is 10.1. The highest BCUT2D eigenvalue weighted by atomic mass is 35.5. The molecule has 0 spiro atoms. The maximum Gasteiger partial charge on any atom is 0.254 e. The van der Waals surface area contributed by atoms with Crippen molar-refractivity contribution in [2.75, 3.05) is 53.0 Å². The Hall–Kier alpha value is -1.50. The zero-order chi connectivity index (χ0) is 20.8. The number of ether oxygens (including phenoxy) is 3. The molecule has 2 fully saturated rings. The molecule has 0 bridgehead atoms. The number of nitrogens with zero attached hydrogens (tertiary/aromatic N) is 2. The standard InChI is InChI=1S/C22H33ClN2O4/c1-16(2)6-12-29-21-19(23)13-17(14-20(21)27-3)22(26)25-9-7-24(8-10-25)15-18-5-4-11-28-18/h13-14,16,18H,4-12,15H2,1-3H3. The second-order valence-electron chi connectivity index (χ2n) is 8.25. The summed E-state index contributed by atoms with van der Waals surface area (Å²) in [6.45, 7) is 9.84. The number of methoxy groups -OCH3 is 1. The molecular formula is C22H33ClN2O4. The van der Waals surface area contributed by atoms with Crippen molar-refractivity contribution in [3.8, 4) is 11.5 Å². The van der Waals surface area contributed by atoms with Crippen LogP contribution in [-0.4, -0.2) is 74.9 Å². The lowest BCUT2D eigenvalue weighted by Gasteiger charge is -2.35. The number of amides is 1. The van der Waals surface area contributed by atoms with Gasteiger partial charge in [-0.25, -0.2) is 0 Å². The van der Waals surface area contributed by atoms with Crippen LogP contribution in [0.25, 0.3) is 0 Å². The molecule has 2 aliphatic heterocycles. The third-order valence-electron chi connectivity index (χ3n) is 5.56. The summed E-state index contributed by atoms with van der Waals surface area (Å²) in [6.07, 6.45) is 3.57. The Morgan fingerprint density at radius 2 is 2.03 bits per heavy atom. The fourth-order valence-electron chi connectivity index (χ4n) is 3.77. The molecule has 1 unspecified atom stereocenters. The molecular weight excluding hydrogens is 392 g/mol. The number of rotatable bonds is 8. The SMILES string of the molecule is COc1cc(C(=O)N2CCN(CC3CCCO3)CC2)cc(Cl)c1OCCC(C)C. The van der Waals surface area contributed by atoms with E-state index in [1.807, 2.05) is 4.90 Å². The van der Waals surface area contributed by atoms with E-state index in [-0.39, 0.29) is 5.91 Å². The Bertz CT molecular complexity index is 684. The first-order valence-corrected chi connectivity index (χ1v) is 11.0. The summed E-state index contributed by atoms with van der Waals surface area (Å²) in [6, 6.07) is 3.42. The van der Waals surface area contributed by atoms with Crippen molar-refractivity contribution in [2.24, 2.45) is 5.92 Å². The largest absolute Gasteiger partial charge is 0.493 e. The predicted molar refractivity (Wildman–Crippen MR) is 114 cm³/mol. The van der Waals surface area contributed by atoms with Gasteiger partial charge in [-0.3, -0.25) is 9.69 Å². The predicted octanol–water partition coefficient (Wildman–Crippen LogP) is 3.71. The zero-order valence-electron chi connectivity index (χ0n) is 17.8. The van der Waals surface area contributed by atoms with Gasteiger partial charge in [0.2, 0.25) is 0 Å². The third-order valence-corrected chi connectivity index (χ3v) is 5.84.